The van der Waals surface area contributed by atoms with Gasteiger partial charge in [-0.3, -0.25) is 19.6 Å². The summed E-state index contributed by atoms with van der Waals surface area (Å²) in [5, 5.41) is 6.43. The van der Waals surface area contributed by atoms with Crippen LogP contribution in [0.15, 0.2) is 119 Å². The second-order valence-corrected chi connectivity index (χ2v) is 18.0. The zero-order valence-corrected chi connectivity index (χ0v) is 34.8. The lowest BCUT2D eigenvalue weighted by Gasteiger charge is -2.14. The number of aromatic nitrogens is 4. The number of carbonyl (C=O) groups excluding carboxylic acids is 2. The molecule has 18 heteroatoms. The number of sulfone groups is 2. The number of nitrogens with two attached hydrogens (primary N) is 1. The third-order valence-electron chi connectivity index (χ3n) is 8.99. The Morgan fingerprint density at radius 3 is 1.55 bits per heavy atom. The molecule has 0 atom stereocenters. The van der Waals surface area contributed by atoms with Crippen molar-refractivity contribution in [3.63, 3.8) is 0 Å². The molecule has 0 spiro atoms. The van der Waals surface area contributed by atoms with Gasteiger partial charge in [-0.05, 0) is 60.7 Å². The van der Waals surface area contributed by atoms with E-state index in [1.807, 2.05) is 30.3 Å². The molecule has 0 saturated heterocycles. The highest BCUT2D eigenvalue weighted by Gasteiger charge is 2.31. The van der Waals surface area contributed by atoms with Crippen molar-refractivity contribution in [2.75, 3.05) is 43.0 Å². The Morgan fingerprint density at radius 1 is 0.633 bits per heavy atom. The quantitative estimate of drug-likeness (QED) is 0.138. The topological polar surface area (TPSA) is 211 Å². The van der Waals surface area contributed by atoms with E-state index >= 15 is 0 Å². The average Bonchev–Trinajstić information content (AvgIpc) is 3.64. The highest BCUT2D eigenvalue weighted by Crippen LogP contribution is 2.35. The fourth-order valence-electron chi connectivity index (χ4n) is 6.33. The molecular formula is C42H44ClN9O6S2. The fourth-order valence-corrected chi connectivity index (χ4v) is 8.23. The Balaban J connectivity index is 0.000000196. The SMILES string of the molecule is C.CN1Cc2nc(Cc3ccccn3)cc(Nc3ccccc3S(C)(=O)=O)c2C1=O.CN1Cc2nc(Cl)cc(Nc3ccccc3S(C)(=O)=O)c2C1=O.Nc1ccccn1. The summed E-state index contributed by atoms with van der Waals surface area (Å²) >= 11 is 6.02. The number of anilines is 5. The van der Waals surface area contributed by atoms with Gasteiger partial charge in [0.1, 0.15) is 11.0 Å². The summed E-state index contributed by atoms with van der Waals surface area (Å²) in [5.74, 6) is 0.252. The lowest BCUT2D eigenvalue weighted by Crippen LogP contribution is -2.18. The van der Waals surface area contributed by atoms with E-state index in [1.54, 1.807) is 86.0 Å². The third kappa shape index (κ3) is 10.6. The van der Waals surface area contributed by atoms with Crippen molar-refractivity contribution in [1.82, 2.24) is 29.7 Å². The molecule has 0 aliphatic carbocycles. The molecule has 0 radical (unpaired) electrons. The van der Waals surface area contributed by atoms with Gasteiger partial charge in [-0.1, -0.05) is 55.4 Å². The lowest BCUT2D eigenvalue weighted by molar-refractivity contribution is 0.0809. The molecule has 6 aromatic rings. The number of nitrogen functional groups attached to an aromatic ring is 1. The van der Waals surface area contributed by atoms with Crippen LogP contribution in [-0.4, -0.2) is 85.0 Å². The van der Waals surface area contributed by atoms with Crippen LogP contribution in [0.1, 0.15) is 50.9 Å². The number of fused-ring (bicyclic) bond motifs is 2. The number of benzene rings is 2. The number of pyridine rings is 4. The summed E-state index contributed by atoms with van der Waals surface area (Å²) in [4.78, 5) is 45.3. The maximum absolute atomic E-state index is 12.7. The van der Waals surface area contributed by atoms with E-state index in [0.29, 0.717) is 70.6 Å². The van der Waals surface area contributed by atoms with Crippen molar-refractivity contribution in [2.45, 2.75) is 36.7 Å². The molecule has 4 N–H and O–H groups in total. The second kappa shape index (κ2) is 18.7. The minimum atomic E-state index is -3.43. The predicted molar refractivity (Wildman–Crippen MR) is 233 cm³/mol. The van der Waals surface area contributed by atoms with E-state index < -0.39 is 19.7 Å². The molecule has 8 rings (SSSR count). The van der Waals surface area contributed by atoms with Crippen LogP contribution in [0.2, 0.25) is 5.15 Å². The predicted octanol–water partition coefficient (Wildman–Crippen LogP) is 6.57. The molecule has 0 unspecified atom stereocenters. The number of para-hydroxylation sites is 2. The number of nitrogens with one attached hydrogen (secondary N) is 2. The number of rotatable bonds is 8. The Hall–Kier alpha value is -6.43. The van der Waals surface area contributed by atoms with Crippen LogP contribution in [-0.2, 0) is 39.2 Å². The van der Waals surface area contributed by atoms with Crippen LogP contribution < -0.4 is 16.4 Å². The minimum Gasteiger partial charge on any atom is -0.384 e. The highest BCUT2D eigenvalue weighted by atomic mass is 35.5. The number of nitrogens with zero attached hydrogens (tertiary/aromatic N) is 6. The van der Waals surface area contributed by atoms with Crippen LogP contribution >= 0.6 is 11.6 Å². The van der Waals surface area contributed by atoms with E-state index in [-0.39, 0.29) is 34.2 Å². The molecular weight excluding hydrogens is 826 g/mol. The number of amides is 2. The first-order chi connectivity index (χ1) is 28.0. The Labute approximate surface area is 354 Å². The summed E-state index contributed by atoms with van der Waals surface area (Å²) in [6, 6.07) is 27.6. The molecule has 0 bridgehead atoms. The van der Waals surface area contributed by atoms with E-state index in [9.17, 15) is 26.4 Å². The van der Waals surface area contributed by atoms with Gasteiger partial charge < -0.3 is 26.2 Å². The maximum atomic E-state index is 12.7. The zero-order valence-electron chi connectivity index (χ0n) is 32.4. The Bertz CT molecular complexity index is 2760. The standard InChI is InChI=1S/C21H20N4O3S.C15H14ClN3O3S.C5H6N2.CH4/c1-25-13-18-20(21(25)26)17(12-15(23-18)11-14-7-5-6-10-22-14)24-16-8-3-4-9-19(16)29(2,27)28;1-19-8-11-14(15(19)20)10(7-13(16)18-11)17-9-5-3-4-6-12(9)23(2,21)22;6-5-3-1-2-4-7-5;/h3-10,12H,11,13H2,1-2H3,(H,23,24);3-7H,8H2,1-2H3,(H,17,18);1-4H,(H2,6,7);1H4. The minimum absolute atomic E-state index is 0. The molecule has 0 fully saturated rings. The van der Waals surface area contributed by atoms with E-state index in [4.69, 9.17) is 17.3 Å². The summed E-state index contributed by atoms with van der Waals surface area (Å²) in [7, 11) is -3.45. The average molecular weight is 870 g/mol. The smallest absolute Gasteiger partial charge is 0.257 e. The second-order valence-electron chi connectivity index (χ2n) is 13.7. The first kappa shape index (κ1) is 44.7. The molecule has 15 nitrogen and oxygen atoms in total. The van der Waals surface area contributed by atoms with Gasteiger partial charge in [-0.15, -0.1) is 0 Å². The van der Waals surface area contributed by atoms with Gasteiger partial charge in [-0.2, -0.15) is 0 Å². The van der Waals surface area contributed by atoms with Gasteiger partial charge in [0.05, 0.1) is 68.1 Å². The number of halogens is 1. The van der Waals surface area contributed by atoms with Crippen molar-refractivity contribution in [1.29, 1.82) is 0 Å². The molecule has 2 aliphatic heterocycles. The maximum Gasteiger partial charge on any atom is 0.257 e. The van der Waals surface area contributed by atoms with Gasteiger partial charge >= 0.3 is 0 Å². The third-order valence-corrected chi connectivity index (χ3v) is 11.5. The van der Waals surface area contributed by atoms with Crippen molar-refractivity contribution >= 4 is 71.7 Å². The number of hydrogen-bond acceptors (Lipinski definition) is 13. The first-order valence-corrected chi connectivity index (χ1v) is 22.1. The van der Waals surface area contributed by atoms with E-state index in [2.05, 4.69) is 30.6 Å². The highest BCUT2D eigenvalue weighted by molar-refractivity contribution is 7.91. The largest absolute Gasteiger partial charge is 0.384 e. The van der Waals surface area contributed by atoms with Crippen molar-refractivity contribution in [3.05, 3.63) is 149 Å². The van der Waals surface area contributed by atoms with Gasteiger partial charge in [0.15, 0.2) is 19.7 Å². The fraction of sp³-hybridized carbons (Fsp3) is 0.190. The molecule has 6 heterocycles. The van der Waals surface area contributed by atoms with E-state index in [1.165, 1.54) is 17.0 Å². The van der Waals surface area contributed by atoms with Crippen molar-refractivity contribution in [2.24, 2.45) is 0 Å². The van der Waals surface area contributed by atoms with Crippen LogP contribution in [0.4, 0.5) is 28.6 Å². The summed E-state index contributed by atoms with van der Waals surface area (Å²) in [5.41, 5.74) is 10.8. The Morgan fingerprint density at radius 2 is 1.10 bits per heavy atom. The van der Waals surface area contributed by atoms with E-state index in [0.717, 1.165) is 23.9 Å². The number of hydrogen-bond donors (Lipinski definition) is 3. The molecule has 0 saturated carbocycles. The molecule has 4 aromatic heterocycles. The zero-order chi connectivity index (χ0) is 42.5. The lowest BCUT2D eigenvalue weighted by atomic mass is 10.1. The van der Waals surface area contributed by atoms with Crippen LogP contribution in [0.3, 0.4) is 0 Å². The summed E-state index contributed by atoms with van der Waals surface area (Å²) in [6.45, 7) is 0.782. The van der Waals surface area contributed by atoms with Gasteiger partial charge in [0.2, 0.25) is 0 Å². The van der Waals surface area contributed by atoms with Crippen LogP contribution in [0, 0.1) is 0 Å². The van der Waals surface area contributed by atoms with Crippen molar-refractivity contribution in [3.8, 4) is 0 Å². The summed E-state index contributed by atoms with van der Waals surface area (Å²) < 4.78 is 48.1. The van der Waals surface area contributed by atoms with Crippen LogP contribution in [0.5, 0.6) is 0 Å². The van der Waals surface area contributed by atoms with Crippen molar-refractivity contribution < 1.29 is 26.4 Å². The molecule has 2 aliphatic rings. The normalized spacial score (nSPS) is 12.9. The first-order valence-electron chi connectivity index (χ1n) is 17.9. The molecule has 60 heavy (non-hydrogen) atoms. The molecule has 2 aromatic carbocycles. The monoisotopic (exact) mass is 869 g/mol. The Kier molecular flexibility index (Phi) is 13.9. The van der Waals surface area contributed by atoms with Gasteiger partial charge in [0.25, 0.3) is 11.8 Å². The van der Waals surface area contributed by atoms with Gasteiger partial charge in [0, 0.05) is 56.8 Å². The molecule has 2 amide bonds. The van der Waals surface area contributed by atoms with Gasteiger partial charge in [-0.25, -0.2) is 26.8 Å². The van der Waals surface area contributed by atoms with Crippen LogP contribution in [0.25, 0.3) is 0 Å². The summed E-state index contributed by atoms with van der Waals surface area (Å²) in [6.07, 6.45) is 6.19. The molecule has 312 valence electrons. The number of carbonyl (C=O) groups is 2.